The summed E-state index contributed by atoms with van der Waals surface area (Å²) in [7, 11) is 0. The molecule has 0 aliphatic carbocycles. The van der Waals surface area contributed by atoms with Crippen molar-refractivity contribution in [2.45, 2.75) is 38.5 Å². The summed E-state index contributed by atoms with van der Waals surface area (Å²) in [5.41, 5.74) is 1.49. The van der Waals surface area contributed by atoms with Crippen molar-refractivity contribution >= 4 is 12.1 Å². The first-order valence-electron chi connectivity index (χ1n) is 9.57. The second-order valence-corrected chi connectivity index (χ2v) is 7.41. The lowest BCUT2D eigenvalue weighted by atomic mass is 9.89. The number of halogens is 3. The Kier molecular flexibility index (Phi) is 6.34. The first-order chi connectivity index (χ1) is 14.1. The topological polar surface area (TPSA) is 66.8 Å². The van der Waals surface area contributed by atoms with Gasteiger partial charge in [0.1, 0.15) is 6.61 Å². The summed E-state index contributed by atoms with van der Waals surface area (Å²) in [6.45, 7) is 2.53. The molecule has 5 nitrogen and oxygen atoms in total. The molecule has 1 amide bonds. The van der Waals surface area contributed by atoms with Crippen LogP contribution in [0.5, 0.6) is 0 Å². The molecule has 0 unspecified atom stereocenters. The van der Waals surface area contributed by atoms with E-state index in [1.54, 1.807) is 24.0 Å². The van der Waals surface area contributed by atoms with E-state index in [1.165, 1.54) is 12.1 Å². The SMILES string of the molecule is Cc1ccc([C@@H]2CCCN(C(=O)OCc3ccc(C(F)(F)F)cc3)C2)cc1C(=O)O. The molecule has 3 rings (SSSR count). The number of piperidine rings is 1. The number of ether oxygens (including phenoxy) is 1. The lowest BCUT2D eigenvalue weighted by Gasteiger charge is -2.32. The minimum atomic E-state index is -4.41. The van der Waals surface area contributed by atoms with Gasteiger partial charge in [0.05, 0.1) is 11.1 Å². The number of rotatable bonds is 4. The van der Waals surface area contributed by atoms with E-state index in [2.05, 4.69) is 0 Å². The second-order valence-electron chi connectivity index (χ2n) is 7.41. The average Bonchev–Trinajstić information content (AvgIpc) is 2.72. The number of aromatic carboxylic acids is 1. The fourth-order valence-electron chi connectivity index (χ4n) is 3.57. The number of amides is 1. The van der Waals surface area contributed by atoms with Gasteiger partial charge in [-0.25, -0.2) is 9.59 Å². The summed E-state index contributed by atoms with van der Waals surface area (Å²) in [4.78, 5) is 25.4. The number of carboxylic acid groups (broad SMARTS) is 1. The Labute approximate surface area is 172 Å². The summed E-state index contributed by atoms with van der Waals surface area (Å²) in [6, 6.07) is 9.78. The third kappa shape index (κ3) is 5.11. The van der Waals surface area contributed by atoms with Gasteiger partial charge in [-0.1, -0.05) is 24.3 Å². The predicted octanol–water partition coefficient (Wildman–Crippen LogP) is 5.23. The van der Waals surface area contributed by atoms with Crippen LogP contribution in [-0.2, 0) is 17.5 Å². The molecule has 30 heavy (non-hydrogen) atoms. The Morgan fingerprint density at radius 3 is 2.50 bits per heavy atom. The average molecular weight is 421 g/mol. The molecule has 1 saturated heterocycles. The maximum absolute atomic E-state index is 12.6. The number of aryl methyl sites for hydroxylation is 1. The highest BCUT2D eigenvalue weighted by Gasteiger charge is 2.30. The van der Waals surface area contributed by atoms with Gasteiger partial charge in [-0.2, -0.15) is 13.2 Å². The zero-order chi connectivity index (χ0) is 21.9. The molecule has 1 fully saturated rings. The Morgan fingerprint density at radius 2 is 1.87 bits per heavy atom. The van der Waals surface area contributed by atoms with E-state index in [9.17, 15) is 27.9 Å². The van der Waals surface area contributed by atoms with Crippen LogP contribution in [0, 0.1) is 6.92 Å². The molecule has 2 aromatic carbocycles. The fourth-order valence-corrected chi connectivity index (χ4v) is 3.57. The summed E-state index contributed by atoms with van der Waals surface area (Å²) in [5.74, 6) is -0.992. The molecule has 8 heteroatoms. The highest BCUT2D eigenvalue weighted by Crippen LogP contribution is 2.30. The molecular weight excluding hydrogens is 399 g/mol. The molecule has 0 bridgehead atoms. The molecule has 160 valence electrons. The van der Waals surface area contributed by atoms with Crippen molar-refractivity contribution in [3.8, 4) is 0 Å². The number of carbonyl (C=O) groups excluding carboxylic acids is 1. The summed E-state index contributed by atoms with van der Waals surface area (Å²) in [5, 5.41) is 9.32. The molecule has 1 N–H and O–H groups in total. The number of alkyl halides is 3. The van der Waals surface area contributed by atoms with Crippen molar-refractivity contribution in [1.82, 2.24) is 4.90 Å². The number of carbonyl (C=O) groups is 2. The van der Waals surface area contributed by atoms with Crippen LogP contribution in [0.4, 0.5) is 18.0 Å². The smallest absolute Gasteiger partial charge is 0.416 e. The Morgan fingerprint density at radius 1 is 1.17 bits per heavy atom. The van der Waals surface area contributed by atoms with E-state index in [0.29, 0.717) is 24.2 Å². The van der Waals surface area contributed by atoms with Crippen molar-refractivity contribution in [3.63, 3.8) is 0 Å². The molecule has 1 aliphatic rings. The largest absolute Gasteiger partial charge is 0.478 e. The third-order valence-electron chi connectivity index (χ3n) is 5.29. The Hall–Kier alpha value is -3.03. The number of likely N-dealkylation sites (tertiary alicyclic amines) is 1. The standard InChI is InChI=1S/C22H22F3NO4/c1-14-4-7-16(11-19(14)20(27)28)17-3-2-10-26(12-17)21(29)30-13-15-5-8-18(9-6-15)22(23,24)25/h4-9,11,17H,2-3,10,12-13H2,1H3,(H,27,28)/t17-/m1/s1. The maximum Gasteiger partial charge on any atom is 0.416 e. The minimum absolute atomic E-state index is 0.00364. The van der Waals surface area contributed by atoms with Gasteiger partial charge in [0, 0.05) is 19.0 Å². The van der Waals surface area contributed by atoms with Crippen LogP contribution in [0.2, 0.25) is 0 Å². The zero-order valence-corrected chi connectivity index (χ0v) is 16.4. The van der Waals surface area contributed by atoms with E-state index in [1.807, 2.05) is 6.07 Å². The molecule has 0 radical (unpaired) electrons. The van der Waals surface area contributed by atoms with Crippen LogP contribution in [0.1, 0.15) is 51.4 Å². The van der Waals surface area contributed by atoms with Crippen molar-refractivity contribution in [2.24, 2.45) is 0 Å². The van der Waals surface area contributed by atoms with Gasteiger partial charge in [0.2, 0.25) is 0 Å². The highest BCUT2D eigenvalue weighted by molar-refractivity contribution is 5.89. The molecule has 1 atom stereocenters. The highest BCUT2D eigenvalue weighted by atomic mass is 19.4. The van der Waals surface area contributed by atoms with Crippen LogP contribution in [0.15, 0.2) is 42.5 Å². The molecule has 0 aromatic heterocycles. The van der Waals surface area contributed by atoms with Gasteiger partial charge in [0.25, 0.3) is 0 Å². The summed E-state index contributed by atoms with van der Waals surface area (Å²) < 4.78 is 43.1. The predicted molar refractivity (Wildman–Crippen MR) is 103 cm³/mol. The Bertz CT molecular complexity index is 925. The van der Waals surface area contributed by atoms with E-state index in [-0.39, 0.29) is 18.1 Å². The quantitative estimate of drug-likeness (QED) is 0.734. The van der Waals surface area contributed by atoms with Gasteiger partial charge >= 0.3 is 18.2 Å². The van der Waals surface area contributed by atoms with Gasteiger partial charge < -0.3 is 14.7 Å². The molecule has 0 saturated carbocycles. The fraction of sp³-hybridized carbons (Fsp3) is 0.364. The normalized spacial score (nSPS) is 16.9. The number of hydrogen-bond donors (Lipinski definition) is 1. The van der Waals surface area contributed by atoms with Crippen molar-refractivity contribution in [2.75, 3.05) is 13.1 Å². The lowest BCUT2D eigenvalue weighted by Crippen LogP contribution is -2.39. The number of benzene rings is 2. The van der Waals surface area contributed by atoms with E-state index < -0.39 is 23.8 Å². The van der Waals surface area contributed by atoms with Crippen LogP contribution < -0.4 is 0 Å². The third-order valence-corrected chi connectivity index (χ3v) is 5.29. The van der Waals surface area contributed by atoms with Gasteiger partial charge in [0.15, 0.2) is 0 Å². The molecule has 2 aromatic rings. The first-order valence-corrected chi connectivity index (χ1v) is 9.57. The van der Waals surface area contributed by atoms with Crippen molar-refractivity contribution in [1.29, 1.82) is 0 Å². The van der Waals surface area contributed by atoms with Gasteiger partial charge in [-0.3, -0.25) is 0 Å². The summed E-state index contributed by atoms with van der Waals surface area (Å²) in [6.07, 6.45) is -3.37. The van der Waals surface area contributed by atoms with E-state index in [4.69, 9.17) is 4.74 Å². The monoisotopic (exact) mass is 421 g/mol. The molecule has 1 aliphatic heterocycles. The lowest BCUT2D eigenvalue weighted by molar-refractivity contribution is -0.137. The molecule has 0 spiro atoms. The number of carboxylic acids is 1. The van der Waals surface area contributed by atoms with E-state index in [0.717, 1.165) is 30.5 Å². The molecular formula is C22H22F3NO4. The second kappa shape index (κ2) is 8.77. The maximum atomic E-state index is 12.6. The van der Waals surface area contributed by atoms with Crippen LogP contribution in [-0.4, -0.2) is 35.2 Å². The van der Waals surface area contributed by atoms with Crippen molar-refractivity contribution < 1.29 is 32.6 Å². The van der Waals surface area contributed by atoms with Gasteiger partial charge in [-0.15, -0.1) is 0 Å². The molecule has 1 heterocycles. The van der Waals surface area contributed by atoms with E-state index >= 15 is 0 Å². The number of nitrogens with zero attached hydrogens (tertiary/aromatic N) is 1. The summed E-state index contributed by atoms with van der Waals surface area (Å²) >= 11 is 0. The van der Waals surface area contributed by atoms with Crippen LogP contribution in [0.3, 0.4) is 0 Å². The minimum Gasteiger partial charge on any atom is -0.478 e. The zero-order valence-electron chi connectivity index (χ0n) is 16.4. The van der Waals surface area contributed by atoms with Gasteiger partial charge in [-0.05, 0) is 54.7 Å². The number of hydrogen-bond acceptors (Lipinski definition) is 3. The van der Waals surface area contributed by atoms with Crippen LogP contribution in [0.25, 0.3) is 0 Å². The Balaban J connectivity index is 1.61. The van der Waals surface area contributed by atoms with Crippen molar-refractivity contribution in [3.05, 3.63) is 70.3 Å². The first kappa shape index (κ1) is 21.7. The van der Waals surface area contributed by atoms with Crippen LogP contribution >= 0.6 is 0 Å².